The number of nitriles is 1. The maximum absolute atomic E-state index is 11.5. The molecule has 0 aliphatic rings. The largest absolute Gasteiger partial charge is 0.449 e. The first-order chi connectivity index (χ1) is 9.92. The SMILES string of the molecule is CC(C)COC(=O)Nc1ccc(C(C#N)=CN(C)C)cc1. The molecule has 1 rings (SSSR count). The second-order valence-electron chi connectivity index (χ2n) is 5.31. The van der Waals surface area contributed by atoms with Crippen molar-refractivity contribution in [3.05, 3.63) is 36.0 Å². The van der Waals surface area contributed by atoms with Crippen LogP contribution in [0.15, 0.2) is 30.5 Å². The highest BCUT2D eigenvalue weighted by Crippen LogP contribution is 2.17. The first-order valence-corrected chi connectivity index (χ1v) is 6.75. The third kappa shape index (κ3) is 6.00. The van der Waals surface area contributed by atoms with Gasteiger partial charge < -0.3 is 9.64 Å². The average Bonchev–Trinajstić information content (AvgIpc) is 2.43. The lowest BCUT2D eigenvalue weighted by molar-refractivity contribution is 0.147. The number of anilines is 1. The molecule has 0 unspecified atom stereocenters. The number of nitrogens with one attached hydrogen (secondary N) is 1. The van der Waals surface area contributed by atoms with Crippen LogP contribution in [0.25, 0.3) is 5.57 Å². The first-order valence-electron chi connectivity index (χ1n) is 6.75. The molecule has 1 amide bonds. The molecule has 1 aromatic rings. The summed E-state index contributed by atoms with van der Waals surface area (Å²) in [5, 5.41) is 11.8. The summed E-state index contributed by atoms with van der Waals surface area (Å²) in [5.41, 5.74) is 2.00. The van der Waals surface area contributed by atoms with Gasteiger partial charge in [-0.25, -0.2) is 4.79 Å². The number of hydrogen-bond donors (Lipinski definition) is 1. The molecule has 112 valence electrons. The lowest BCUT2D eigenvalue weighted by atomic mass is 10.1. The van der Waals surface area contributed by atoms with Gasteiger partial charge in [0.1, 0.15) is 6.07 Å². The number of carbonyl (C=O) groups is 1. The van der Waals surface area contributed by atoms with E-state index in [1.807, 2.05) is 32.8 Å². The highest BCUT2D eigenvalue weighted by Gasteiger charge is 2.06. The monoisotopic (exact) mass is 287 g/mol. The standard InChI is InChI=1S/C16H21N3O2/c1-12(2)11-21-16(20)18-15-7-5-13(6-8-15)14(9-17)10-19(3)4/h5-8,10,12H,11H2,1-4H3,(H,18,20). The van der Waals surface area contributed by atoms with E-state index in [1.165, 1.54) is 0 Å². The van der Waals surface area contributed by atoms with Crippen LogP contribution in [0, 0.1) is 17.2 Å². The molecule has 0 aliphatic heterocycles. The number of carbonyl (C=O) groups excluding carboxylic acids is 1. The Bertz CT molecular complexity index is 540. The fraction of sp³-hybridized carbons (Fsp3) is 0.375. The van der Waals surface area contributed by atoms with E-state index in [0.717, 1.165) is 5.56 Å². The Balaban J connectivity index is 2.70. The molecule has 0 saturated carbocycles. The van der Waals surface area contributed by atoms with Gasteiger partial charge in [0, 0.05) is 26.0 Å². The van der Waals surface area contributed by atoms with Crippen molar-refractivity contribution in [2.45, 2.75) is 13.8 Å². The molecule has 0 spiro atoms. The number of rotatable bonds is 5. The summed E-state index contributed by atoms with van der Waals surface area (Å²) in [6.07, 6.45) is 1.28. The van der Waals surface area contributed by atoms with Crippen molar-refractivity contribution < 1.29 is 9.53 Å². The number of amides is 1. The van der Waals surface area contributed by atoms with Crippen molar-refractivity contribution in [1.29, 1.82) is 5.26 Å². The summed E-state index contributed by atoms with van der Waals surface area (Å²) in [6.45, 7) is 4.33. The van der Waals surface area contributed by atoms with Gasteiger partial charge in [-0.05, 0) is 23.6 Å². The lowest BCUT2D eigenvalue weighted by Gasteiger charge is -2.10. The maximum atomic E-state index is 11.5. The van der Waals surface area contributed by atoms with Crippen LogP contribution in [-0.2, 0) is 4.74 Å². The molecule has 0 bridgehead atoms. The van der Waals surface area contributed by atoms with E-state index in [0.29, 0.717) is 23.8 Å². The Morgan fingerprint density at radius 1 is 1.38 bits per heavy atom. The van der Waals surface area contributed by atoms with E-state index in [1.54, 1.807) is 30.5 Å². The third-order valence-electron chi connectivity index (χ3n) is 2.50. The summed E-state index contributed by atoms with van der Waals surface area (Å²) in [7, 11) is 3.72. The number of allylic oxidation sites excluding steroid dienone is 1. The zero-order valence-electron chi connectivity index (χ0n) is 12.9. The van der Waals surface area contributed by atoms with Gasteiger partial charge in [-0.3, -0.25) is 5.32 Å². The summed E-state index contributed by atoms with van der Waals surface area (Å²) in [6, 6.07) is 9.21. The molecule has 1 aromatic carbocycles. The molecule has 0 atom stereocenters. The van der Waals surface area contributed by atoms with Crippen molar-refractivity contribution in [3.8, 4) is 6.07 Å². The average molecular weight is 287 g/mol. The summed E-state index contributed by atoms with van der Waals surface area (Å²) in [5.74, 6) is 0.299. The Morgan fingerprint density at radius 2 is 2.00 bits per heavy atom. The Morgan fingerprint density at radius 3 is 2.48 bits per heavy atom. The lowest BCUT2D eigenvalue weighted by Crippen LogP contribution is -2.16. The van der Waals surface area contributed by atoms with Crippen LogP contribution in [-0.4, -0.2) is 31.7 Å². The van der Waals surface area contributed by atoms with Crippen molar-refractivity contribution >= 4 is 17.4 Å². The Hall–Kier alpha value is -2.48. The second kappa shape index (κ2) is 7.95. The van der Waals surface area contributed by atoms with E-state index < -0.39 is 6.09 Å². The molecule has 1 N–H and O–H groups in total. The van der Waals surface area contributed by atoms with Gasteiger partial charge in [0.05, 0.1) is 12.2 Å². The molecular formula is C16H21N3O2. The van der Waals surface area contributed by atoms with Gasteiger partial charge >= 0.3 is 6.09 Å². The van der Waals surface area contributed by atoms with E-state index in [4.69, 9.17) is 10.00 Å². The van der Waals surface area contributed by atoms with Crippen LogP contribution in [0.4, 0.5) is 10.5 Å². The second-order valence-corrected chi connectivity index (χ2v) is 5.31. The van der Waals surface area contributed by atoms with E-state index >= 15 is 0 Å². The quantitative estimate of drug-likeness (QED) is 0.844. The van der Waals surface area contributed by atoms with Gasteiger partial charge in [0.25, 0.3) is 0 Å². The van der Waals surface area contributed by atoms with Gasteiger partial charge in [0.15, 0.2) is 0 Å². The van der Waals surface area contributed by atoms with Crippen LogP contribution < -0.4 is 5.32 Å². The topological polar surface area (TPSA) is 65.4 Å². The summed E-state index contributed by atoms with van der Waals surface area (Å²) < 4.78 is 5.04. The number of hydrogen-bond acceptors (Lipinski definition) is 4. The highest BCUT2D eigenvalue weighted by atomic mass is 16.5. The van der Waals surface area contributed by atoms with E-state index in [-0.39, 0.29) is 0 Å². The minimum Gasteiger partial charge on any atom is -0.449 e. The van der Waals surface area contributed by atoms with Gasteiger partial charge in [-0.2, -0.15) is 5.26 Å². The highest BCUT2D eigenvalue weighted by molar-refractivity contribution is 5.85. The Labute approximate surface area is 125 Å². The van der Waals surface area contributed by atoms with Crippen molar-refractivity contribution in [2.24, 2.45) is 5.92 Å². The predicted octanol–water partition coefficient (Wildman–Crippen LogP) is 3.32. The molecule has 21 heavy (non-hydrogen) atoms. The van der Waals surface area contributed by atoms with Crippen LogP contribution in [0.1, 0.15) is 19.4 Å². The molecule has 0 aliphatic carbocycles. The zero-order chi connectivity index (χ0) is 15.8. The van der Waals surface area contributed by atoms with E-state index in [9.17, 15) is 4.79 Å². The minimum absolute atomic E-state index is 0.299. The zero-order valence-corrected chi connectivity index (χ0v) is 12.9. The fourth-order valence-corrected chi connectivity index (χ4v) is 1.56. The molecule has 0 heterocycles. The maximum Gasteiger partial charge on any atom is 0.411 e. The number of ether oxygens (including phenoxy) is 1. The Kier molecular flexibility index (Phi) is 6.28. The molecule has 5 nitrogen and oxygen atoms in total. The van der Waals surface area contributed by atoms with Crippen molar-refractivity contribution in [1.82, 2.24) is 4.90 Å². The van der Waals surface area contributed by atoms with Crippen molar-refractivity contribution in [2.75, 3.05) is 26.0 Å². The molecule has 0 radical (unpaired) electrons. The molecule has 0 fully saturated rings. The van der Waals surface area contributed by atoms with Gasteiger partial charge in [0.2, 0.25) is 0 Å². The number of benzene rings is 1. The summed E-state index contributed by atoms with van der Waals surface area (Å²) >= 11 is 0. The van der Waals surface area contributed by atoms with Gasteiger partial charge in [-0.15, -0.1) is 0 Å². The third-order valence-corrected chi connectivity index (χ3v) is 2.50. The van der Waals surface area contributed by atoms with Crippen LogP contribution >= 0.6 is 0 Å². The smallest absolute Gasteiger partial charge is 0.411 e. The van der Waals surface area contributed by atoms with Crippen LogP contribution in [0.5, 0.6) is 0 Å². The molecular weight excluding hydrogens is 266 g/mol. The molecule has 0 saturated heterocycles. The van der Waals surface area contributed by atoms with Crippen LogP contribution in [0.2, 0.25) is 0 Å². The summed E-state index contributed by atoms with van der Waals surface area (Å²) in [4.78, 5) is 13.3. The normalized spacial score (nSPS) is 11.0. The molecule has 5 heteroatoms. The fourth-order valence-electron chi connectivity index (χ4n) is 1.56. The van der Waals surface area contributed by atoms with Crippen LogP contribution in [0.3, 0.4) is 0 Å². The number of nitrogens with zero attached hydrogens (tertiary/aromatic N) is 2. The minimum atomic E-state index is -0.471. The first kappa shape index (κ1) is 16.6. The van der Waals surface area contributed by atoms with E-state index in [2.05, 4.69) is 11.4 Å². The molecule has 0 aromatic heterocycles. The van der Waals surface area contributed by atoms with Gasteiger partial charge in [-0.1, -0.05) is 26.0 Å². The predicted molar refractivity (Wildman–Crippen MR) is 83.5 cm³/mol. The van der Waals surface area contributed by atoms with Crippen molar-refractivity contribution in [3.63, 3.8) is 0 Å².